The second-order valence-electron chi connectivity index (χ2n) is 9.07. The fourth-order valence-corrected chi connectivity index (χ4v) is 5.80. The second-order valence-corrected chi connectivity index (χ2v) is 10.1. The number of hydrazine groups is 1. The van der Waals surface area contributed by atoms with Crippen LogP contribution >= 0.6 is 11.3 Å². The molecule has 0 radical (unpaired) electrons. The standard InChI is InChI=1S/C25H27N5O3S/c1-25(14-13-17-8-3-2-4-9-17)23(32)30(24(33)27-25)28-21(31)16-29-15-7-11-19(29)22-26-18-10-5-6-12-20(18)34-22/h2-6,8-10,12,19H,7,11,13-16H2,1H3,(H,27,33)(H,28,31)/t19-,25+/m0/s1. The quantitative estimate of drug-likeness (QED) is 0.509. The molecule has 2 fully saturated rings. The van der Waals surface area contributed by atoms with Crippen LogP contribution in [0.3, 0.4) is 0 Å². The molecule has 176 valence electrons. The predicted octanol–water partition coefficient (Wildman–Crippen LogP) is 3.41. The predicted molar refractivity (Wildman–Crippen MR) is 130 cm³/mol. The molecule has 0 bridgehead atoms. The third-order valence-electron chi connectivity index (χ3n) is 6.56. The number of hydrogen-bond donors (Lipinski definition) is 2. The van der Waals surface area contributed by atoms with Crippen molar-refractivity contribution in [1.82, 2.24) is 25.6 Å². The maximum atomic E-state index is 13.0. The highest BCUT2D eigenvalue weighted by atomic mass is 32.1. The van der Waals surface area contributed by atoms with Gasteiger partial charge in [0.25, 0.3) is 11.8 Å². The van der Waals surface area contributed by atoms with E-state index in [0.717, 1.165) is 45.2 Å². The van der Waals surface area contributed by atoms with Crippen LogP contribution in [0.4, 0.5) is 4.79 Å². The number of likely N-dealkylation sites (tertiary alicyclic amines) is 1. The van der Waals surface area contributed by atoms with E-state index in [1.807, 2.05) is 48.5 Å². The molecule has 2 N–H and O–H groups in total. The summed E-state index contributed by atoms with van der Waals surface area (Å²) in [6.45, 7) is 2.56. The number of urea groups is 1. The van der Waals surface area contributed by atoms with Crippen LogP contribution in [0.5, 0.6) is 0 Å². The third kappa shape index (κ3) is 4.41. The summed E-state index contributed by atoms with van der Waals surface area (Å²) in [5, 5.41) is 4.57. The van der Waals surface area contributed by atoms with Crippen LogP contribution in [-0.2, 0) is 16.0 Å². The van der Waals surface area contributed by atoms with E-state index in [0.29, 0.717) is 12.8 Å². The summed E-state index contributed by atoms with van der Waals surface area (Å²) in [4.78, 5) is 45.2. The molecule has 0 aliphatic carbocycles. The first-order valence-corrected chi connectivity index (χ1v) is 12.3. The third-order valence-corrected chi connectivity index (χ3v) is 7.70. The minimum atomic E-state index is -1.06. The van der Waals surface area contributed by atoms with Gasteiger partial charge >= 0.3 is 6.03 Å². The Bertz CT molecular complexity index is 1200. The summed E-state index contributed by atoms with van der Waals surface area (Å²) < 4.78 is 1.13. The van der Waals surface area contributed by atoms with Crippen LogP contribution in [0.1, 0.15) is 42.8 Å². The molecule has 3 aromatic rings. The van der Waals surface area contributed by atoms with E-state index in [9.17, 15) is 14.4 Å². The number of aryl methyl sites for hydroxylation is 1. The number of rotatable bonds is 7. The van der Waals surface area contributed by atoms with E-state index in [4.69, 9.17) is 4.98 Å². The second kappa shape index (κ2) is 9.15. The highest BCUT2D eigenvalue weighted by Crippen LogP contribution is 2.36. The number of thiazole rings is 1. The number of fused-ring (bicyclic) bond motifs is 1. The maximum absolute atomic E-state index is 13.0. The lowest BCUT2D eigenvalue weighted by Gasteiger charge is -2.24. The highest BCUT2D eigenvalue weighted by molar-refractivity contribution is 7.18. The normalized spacial score (nSPS) is 23.0. The lowest BCUT2D eigenvalue weighted by atomic mass is 9.93. The van der Waals surface area contributed by atoms with Crippen LogP contribution in [0, 0.1) is 0 Å². The van der Waals surface area contributed by atoms with Gasteiger partial charge in [0.1, 0.15) is 10.5 Å². The zero-order chi connectivity index (χ0) is 23.7. The van der Waals surface area contributed by atoms with Crippen molar-refractivity contribution in [2.75, 3.05) is 13.1 Å². The summed E-state index contributed by atoms with van der Waals surface area (Å²) in [5.41, 5.74) is 3.53. The molecule has 4 amide bonds. The number of benzene rings is 2. The lowest BCUT2D eigenvalue weighted by molar-refractivity contribution is -0.139. The van der Waals surface area contributed by atoms with Gasteiger partial charge in [-0.05, 0) is 56.8 Å². The van der Waals surface area contributed by atoms with E-state index < -0.39 is 17.5 Å². The Morgan fingerprint density at radius 2 is 1.94 bits per heavy atom. The monoisotopic (exact) mass is 477 g/mol. The van der Waals surface area contributed by atoms with Crippen LogP contribution in [0.25, 0.3) is 10.2 Å². The molecule has 2 atom stereocenters. The number of carbonyl (C=O) groups excluding carboxylic acids is 3. The molecule has 34 heavy (non-hydrogen) atoms. The zero-order valence-corrected chi connectivity index (χ0v) is 19.8. The molecular weight excluding hydrogens is 450 g/mol. The van der Waals surface area contributed by atoms with E-state index in [1.165, 1.54) is 0 Å². The van der Waals surface area contributed by atoms with E-state index in [-0.39, 0.29) is 18.5 Å². The van der Waals surface area contributed by atoms with Crippen LogP contribution < -0.4 is 10.7 Å². The topological polar surface area (TPSA) is 94.6 Å². The molecule has 3 heterocycles. The molecule has 5 rings (SSSR count). The van der Waals surface area contributed by atoms with E-state index in [2.05, 4.69) is 21.7 Å². The van der Waals surface area contributed by atoms with E-state index in [1.54, 1.807) is 18.3 Å². The molecule has 0 unspecified atom stereocenters. The number of carbonyl (C=O) groups is 3. The lowest BCUT2D eigenvalue weighted by Crippen LogP contribution is -2.51. The molecular formula is C25H27N5O3S. The Balaban J connectivity index is 1.21. The first-order chi connectivity index (χ1) is 16.4. The molecule has 2 aromatic carbocycles. The average Bonchev–Trinajstić information content (AvgIpc) is 3.52. The summed E-state index contributed by atoms with van der Waals surface area (Å²) in [6.07, 6.45) is 2.98. The van der Waals surface area contributed by atoms with Crippen molar-refractivity contribution in [1.29, 1.82) is 0 Å². The first kappa shape index (κ1) is 22.5. The minimum Gasteiger partial charge on any atom is -0.322 e. The number of hydrogen-bond acceptors (Lipinski definition) is 6. The average molecular weight is 478 g/mol. The summed E-state index contributed by atoms with van der Waals surface area (Å²) in [7, 11) is 0. The number of nitrogens with zero attached hydrogens (tertiary/aromatic N) is 3. The van der Waals surface area contributed by atoms with Gasteiger partial charge in [0.15, 0.2) is 0 Å². The number of aromatic nitrogens is 1. The largest absolute Gasteiger partial charge is 0.344 e. The van der Waals surface area contributed by atoms with Crippen molar-refractivity contribution in [3.05, 3.63) is 65.2 Å². The fraction of sp³-hybridized carbons (Fsp3) is 0.360. The van der Waals surface area contributed by atoms with Crippen molar-refractivity contribution in [2.45, 2.75) is 44.2 Å². The van der Waals surface area contributed by atoms with Gasteiger partial charge < -0.3 is 5.32 Å². The summed E-state index contributed by atoms with van der Waals surface area (Å²) >= 11 is 1.65. The van der Waals surface area contributed by atoms with Gasteiger partial charge in [0, 0.05) is 0 Å². The van der Waals surface area contributed by atoms with Gasteiger partial charge in [-0.1, -0.05) is 42.5 Å². The highest BCUT2D eigenvalue weighted by Gasteiger charge is 2.48. The van der Waals surface area contributed by atoms with Crippen LogP contribution in [0.15, 0.2) is 54.6 Å². The van der Waals surface area contributed by atoms with Gasteiger partial charge in [-0.3, -0.25) is 19.9 Å². The number of imide groups is 1. The first-order valence-electron chi connectivity index (χ1n) is 11.5. The Morgan fingerprint density at radius 1 is 1.18 bits per heavy atom. The molecule has 0 saturated carbocycles. The minimum absolute atomic E-state index is 0.0578. The maximum Gasteiger partial charge on any atom is 0.344 e. The van der Waals surface area contributed by atoms with Gasteiger partial charge in [0.2, 0.25) is 0 Å². The Kier molecular flexibility index (Phi) is 6.05. The van der Waals surface area contributed by atoms with Crippen LogP contribution in [0.2, 0.25) is 0 Å². The van der Waals surface area contributed by atoms with Crippen molar-refractivity contribution < 1.29 is 14.4 Å². The van der Waals surface area contributed by atoms with Crippen molar-refractivity contribution in [3.63, 3.8) is 0 Å². The number of para-hydroxylation sites is 1. The van der Waals surface area contributed by atoms with Crippen molar-refractivity contribution >= 4 is 39.4 Å². The van der Waals surface area contributed by atoms with Gasteiger partial charge in [-0.25, -0.2) is 9.78 Å². The molecule has 2 saturated heterocycles. The summed E-state index contributed by atoms with van der Waals surface area (Å²) in [5.74, 6) is -0.824. The van der Waals surface area contributed by atoms with Crippen LogP contribution in [-0.4, -0.2) is 51.4 Å². The van der Waals surface area contributed by atoms with Crippen molar-refractivity contribution in [2.24, 2.45) is 0 Å². The molecule has 9 heteroatoms. The zero-order valence-electron chi connectivity index (χ0n) is 19.0. The Morgan fingerprint density at radius 3 is 2.74 bits per heavy atom. The molecule has 2 aliphatic rings. The van der Waals surface area contributed by atoms with Gasteiger partial charge in [-0.2, -0.15) is 5.01 Å². The number of nitrogens with one attached hydrogen (secondary N) is 2. The molecule has 8 nitrogen and oxygen atoms in total. The van der Waals surface area contributed by atoms with E-state index >= 15 is 0 Å². The Hall–Kier alpha value is -3.30. The molecule has 2 aliphatic heterocycles. The van der Waals surface area contributed by atoms with Gasteiger partial charge in [0.05, 0.1) is 22.8 Å². The number of amides is 4. The van der Waals surface area contributed by atoms with Crippen molar-refractivity contribution in [3.8, 4) is 0 Å². The SMILES string of the molecule is C[C@]1(CCc2ccccc2)NC(=O)N(NC(=O)CN2CCC[C@H]2c2nc3ccccc3s2)C1=O. The summed E-state index contributed by atoms with van der Waals surface area (Å²) in [6, 6.07) is 17.3. The fourth-order valence-electron chi connectivity index (χ4n) is 4.67. The smallest absolute Gasteiger partial charge is 0.322 e. The molecule has 0 spiro atoms. The Labute approximate surface area is 201 Å². The van der Waals surface area contributed by atoms with Gasteiger partial charge in [-0.15, -0.1) is 11.3 Å². The molecule has 1 aromatic heterocycles.